The second-order valence-corrected chi connectivity index (χ2v) is 5.44. The quantitative estimate of drug-likeness (QED) is 0.501. The maximum atomic E-state index is 12.1. The van der Waals surface area contributed by atoms with Gasteiger partial charge >= 0.3 is 0 Å². The number of benzene rings is 2. The van der Waals surface area contributed by atoms with Crippen LogP contribution in [-0.4, -0.2) is 15.9 Å². The van der Waals surface area contributed by atoms with Crippen LogP contribution in [0.1, 0.15) is 15.9 Å². The number of hydrogen-bond donors (Lipinski definition) is 2. The van der Waals surface area contributed by atoms with Crippen molar-refractivity contribution in [2.75, 3.05) is 5.32 Å². The molecule has 2 rings (SSSR count). The first-order valence-corrected chi connectivity index (χ1v) is 7.29. The summed E-state index contributed by atoms with van der Waals surface area (Å²) in [5.74, 6) is -0.536. The van der Waals surface area contributed by atoms with Crippen molar-refractivity contribution in [3.8, 4) is 0 Å². The molecule has 0 aliphatic heterocycles. The predicted molar refractivity (Wildman–Crippen MR) is 93.0 cm³/mol. The van der Waals surface area contributed by atoms with Crippen LogP contribution in [0.5, 0.6) is 0 Å². The smallest absolute Gasteiger partial charge is 0.270 e. The number of carbonyl (C=O) groups is 1. The third kappa shape index (κ3) is 4.24. The number of rotatable bonds is 3. The lowest BCUT2D eigenvalue weighted by molar-refractivity contribution is -0.384. The van der Waals surface area contributed by atoms with Gasteiger partial charge < -0.3 is 5.32 Å². The zero-order valence-electron chi connectivity index (χ0n) is 12.0. The molecule has 8 heteroatoms. The molecule has 0 atom stereocenters. The zero-order valence-corrected chi connectivity index (χ0v) is 13.6. The van der Waals surface area contributed by atoms with Crippen molar-refractivity contribution in [1.82, 2.24) is 5.32 Å². The summed E-state index contributed by atoms with van der Waals surface area (Å²) in [4.78, 5) is 22.2. The Morgan fingerprint density at radius 2 is 1.96 bits per heavy atom. The molecule has 118 valence electrons. The molecule has 0 bridgehead atoms. The Bertz CT molecular complexity index is 795. The van der Waals surface area contributed by atoms with Crippen LogP contribution in [-0.2, 0) is 0 Å². The van der Waals surface area contributed by atoms with Crippen LogP contribution < -0.4 is 10.6 Å². The number of hydrogen-bond acceptors (Lipinski definition) is 4. The van der Waals surface area contributed by atoms with Crippen molar-refractivity contribution in [3.05, 3.63) is 68.7 Å². The normalized spacial score (nSPS) is 10.0. The van der Waals surface area contributed by atoms with Crippen LogP contribution in [0.3, 0.4) is 0 Å². The number of amides is 1. The summed E-state index contributed by atoms with van der Waals surface area (Å²) in [5, 5.41) is 16.7. The molecule has 1 amide bonds. The van der Waals surface area contributed by atoms with Crippen molar-refractivity contribution in [1.29, 1.82) is 0 Å². The molecule has 2 aromatic rings. The summed E-state index contributed by atoms with van der Waals surface area (Å²) in [7, 11) is 0. The van der Waals surface area contributed by atoms with Crippen LogP contribution in [0.25, 0.3) is 0 Å². The number of thiocarbonyl (C=S) groups is 1. The molecule has 6 nitrogen and oxygen atoms in total. The van der Waals surface area contributed by atoms with Gasteiger partial charge in [-0.25, -0.2) is 0 Å². The summed E-state index contributed by atoms with van der Waals surface area (Å²) >= 11 is 11.1. The first-order valence-electron chi connectivity index (χ1n) is 6.50. The van der Waals surface area contributed by atoms with Gasteiger partial charge in [-0.15, -0.1) is 0 Å². The Hall–Kier alpha value is -2.51. The van der Waals surface area contributed by atoms with E-state index in [1.165, 1.54) is 24.3 Å². The van der Waals surface area contributed by atoms with Crippen LogP contribution >= 0.6 is 23.8 Å². The van der Waals surface area contributed by atoms with Crippen molar-refractivity contribution in [3.63, 3.8) is 0 Å². The van der Waals surface area contributed by atoms with Gasteiger partial charge in [0.2, 0.25) is 0 Å². The number of nitrogens with one attached hydrogen (secondary N) is 2. The fourth-order valence-electron chi connectivity index (χ4n) is 1.83. The Balaban J connectivity index is 2.08. The standard InChI is InChI=1S/C15H12ClN3O3S/c1-9-12(16)6-3-7-13(9)17-15(23)18-14(20)10-4-2-5-11(8-10)19(21)22/h2-8H,1H3,(H2,17,18,20,23). The minimum atomic E-state index is -0.567. The largest absolute Gasteiger partial charge is 0.332 e. The fraction of sp³-hybridized carbons (Fsp3) is 0.0667. The number of nitro groups is 1. The van der Waals surface area contributed by atoms with Crippen molar-refractivity contribution in [2.45, 2.75) is 6.92 Å². The lowest BCUT2D eigenvalue weighted by Crippen LogP contribution is -2.34. The molecular weight excluding hydrogens is 338 g/mol. The average Bonchev–Trinajstić information content (AvgIpc) is 2.52. The van der Waals surface area contributed by atoms with Crippen molar-refractivity contribution < 1.29 is 9.72 Å². The molecule has 0 saturated heterocycles. The van der Waals surface area contributed by atoms with Crippen LogP contribution in [0.15, 0.2) is 42.5 Å². The van der Waals surface area contributed by atoms with Crippen molar-refractivity contribution >= 4 is 46.2 Å². The molecule has 0 saturated carbocycles. The zero-order chi connectivity index (χ0) is 17.0. The lowest BCUT2D eigenvalue weighted by Gasteiger charge is -2.12. The molecule has 0 heterocycles. The predicted octanol–water partition coefficient (Wildman–Crippen LogP) is 3.68. The Morgan fingerprint density at radius 3 is 2.65 bits per heavy atom. The molecule has 0 spiro atoms. The Labute approximate surface area is 142 Å². The third-order valence-corrected chi connectivity index (χ3v) is 3.68. The molecule has 0 radical (unpaired) electrons. The first-order chi connectivity index (χ1) is 10.9. The molecule has 23 heavy (non-hydrogen) atoms. The van der Waals surface area contributed by atoms with Gasteiger partial charge in [0.05, 0.1) is 4.92 Å². The Kier molecular flexibility index (Phi) is 5.25. The summed E-state index contributed by atoms with van der Waals surface area (Å²) < 4.78 is 0. The maximum absolute atomic E-state index is 12.1. The van der Waals surface area contributed by atoms with Gasteiger partial charge in [-0.3, -0.25) is 20.2 Å². The molecule has 0 fully saturated rings. The summed E-state index contributed by atoms with van der Waals surface area (Å²) in [5.41, 5.74) is 1.44. The first kappa shape index (κ1) is 16.9. The lowest BCUT2D eigenvalue weighted by atomic mass is 10.2. The van der Waals surface area contributed by atoms with E-state index in [0.29, 0.717) is 10.7 Å². The molecule has 2 aromatic carbocycles. The third-order valence-electron chi connectivity index (χ3n) is 3.06. The molecule has 0 unspecified atom stereocenters. The summed E-state index contributed by atoms with van der Waals surface area (Å²) in [6, 6.07) is 10.7. The highest BCUT2D eigenvalue weighted by Crippen LogP contribution is 2.22. The van der Waals surface area contributed by atoms with E-state index in [1.54, 1.807) is 18.2 Å². The maximum Gasteiger partial charge on any atom is 0.270 e. The minimum absolute atomic E-state index is 0.0758. The van der Waals surface area contributed by atoms with E-state index in [4.69, 9.17) is 23.8 Å². The number of anilines is 1. The van der Waals surface area contributed by atoms with E-state index in [-0.39, 0.29) is 16.4 Å². The van der Waals surface area contributed by atoms with Gasteiger partial charge in [-0.1, -0.05) is 23.7 Å². The molecule has 0 aromatic heterocycles. The van der Waals surface area contributed by atoms with E-state index >= 15 is 0 Å². The topological polar surface area (TPSA) is 84.3 Å². The molecule has 0 aliphatic rings. The number of non-ortho nitro benzene ring substituents is 1. The number of halogens is 1. The monoisotopic (exact) mass is 349 g/mol. The van der Waals surface area contributed by atoms with Crippen LogP contribution in [0, 0.1) is 17.0 Å². The van der Waals surface area contributed by atoms with E-state index in [2.05, 4.69) is 10.6 Å². The van der Waals surface area contributed by atoms with E-state index in [1.807, 2.05) is 6.92 Å². The SMILES string of the molecule is Cc1c(Cl)cccc1NC(=S)NC(=O)c1cccc([N+](=O)[O-])c1. The molecule has 0 aliphatic carbocycles. The highest BCUT2D eigenvalue weighted by atomic mass is 35.5. The second kappa shape index (κ2) is 7.17. The fourth-order valence-corrected chi connectivity index (χ4v) is 2.21. The average molecular weight is 350 g/mol. The van der Waals surface area contributed by atoms with Gasteiger partial charge in [0.25, 0.3) is 11.6 Å². The second-order valence-electron chi connectivity index (χ2n) is 4.63. The van der Waals surface area contributed by atoms with Gasteiger partial charge in [0.15, 0.2) is 5.11 Å². The molecule has 2 N–H and O–H groups in total. The Morgan fingerprint density at radius 1 is 1.26 bits per heavy atom. The minimum Gasteiger partial charge on any atom is -0.332 e. The van der Waals surface area contributed by atoms with Crippen LogP contribution in [0.4, 0.5) is 11.4 Å². The van der Waals surface area contributed by atoms with E-state index in [9.17, 15) is 14.9 Å². The number of nitro benzene ring substituents is 1. The summed E-state index contributed by atoms with van der Waals surface area (Å²) in [6.07, 6.45) is 0. The van der Waals surface area contributed by atoms with Crippen molar-refractivity contribution in [2.24, 2.45) is 0 Å². The van der Waals surface area contributed by atoms with Gasteiger partial charge in [-0.05, 0) is 42.9 Å². The number of carbonyl (C=O) groups excluding carboxylic acids is 1. The van der Waals surface area contributed by atoms with Crippen LogP contribution in [0.2, 0.25) is 5.02 Å². The van der Waals surface area contributed by atoms with E-state index in [0.717, 1.165) is 5.56 Å². The molecular formula is C15H12ClN3O3S. The highest BCUT2D eigenvalue weighted by molar-refractivity contribution is 7.80. The number of nitrogens with zero attached hydrogens (tertiary/aromatic N) is 1. The van der Waals surface area contributed by atoms with E-state index < -0.39 is 10.8 Å². The van der Waals surface area contributed by atoms with Gasteiger partial charge in [0.1, 0.15) is 0 Å². The summed E-state index contributed by atoms with van der Waals surface area (Å²) in [6.45, 7) is 1.82. The van der Waals surface area contributed by atoms with Gasteiger partial charge in [0, 0.05) is 28.4 Å². The van der Waals surface area contributed by atoms with Gasteiger partial charge in [-0.2, -0.15) is 0 Å². The highest BCUT2D eigenvalue weighted by Gasteiger charge is 2.13.